The Morgan fingerprint density at radius 2 is 0.846 bits per heavy atom. The van der Waals surface area contributed by atoms with Crippen molar-refractivity contribution < 1.29 is 107 Å². The second kappa shape index (κ2) is 142. The molecule has 0 rings (SSSR count). The second-order valence-electron chi connectivity index (χ2n) is 0.408. The van der Waals surface area contributed by atoms with Crippen molar-refractivity contribution in [3.63, 3.8) is 0 Å². The minimum Gasteiger partial charge on any atom is -0.870 e. The smallest absolute Gasteiger partial charge is 0 e. The van der Waals surface area contributed by atoms with Crippen LogP contribution in [0.2, 0.25) is 0 Å². The maximum Gasteiger partial charge on any atom is 0 e. The fraction of sp³-hybridized carbons (Fsp3) is 0.333. The van der Waals surface area contributed by atoms with Gasteiger partial charge in [0.1, 0.15) is 0 Å². The van der Waals surface area contributed by atoms with Crippen LogP contribution in [0.15, 0.2) is 0 Å². The standard InChI is InChI=1S/2C2H3O.2CH3.2H2O.W.2Y/c2*1-2-3;;;;;;;/h2*1H3;2*1H3;2*1H2;;;/q4*-1;;;;;/p-1. The van der Waals surface area contributed by atoms with Crippen LogP contribution < -0.4 is 0 Å². The first-order chi connectivity index (χ1) is 2.83. The summed E-state index contributed by atoms with van der Waals surface area (Å²) in [7, 11) is 0. The van der Waals surface area contributed by atoms with Gasteiger partial charge in [-0.05, 0) is 0 Å². The van der Waals surface area contributed by atoms with E-state index in [0.29, 0.717) is 0 Å². The van der Waals surface area contributed by atoms with Gasteiger partial charge in [0.15, 0.2) is 0 Å². The summed E-state index contributed by atoms with van der Waals surface area (Å²) in [5.74, 6) is 0. The van der Waals surface area contributed by atoms with Crippen molar-refractivity contribution >= 4 is 12.6 Å². The number of hydrogen-bond donors (Lipinski definition) is 0. The Kier molecular flexibility index (Phi) is 874. The summed E-state index contributed by atoms with van der Waals surface area (Å²) in [5.41, 5.74) is 0. The van der Waals surface area contributed by atoms with Crippen LogP contribution in [0.4, 0.5) is 0 Å². The zero-order valence-corrected chi connectivity index (χ0v) is 16.9. The Bertz CT molecular complexity index is 43.6. The molecule has 0 heterocycles. The molecule has 0 spiro atoms. The second-order valence-corrected chi connectivity index (χ2v) is 0.408. The van der Waals surface area contributed by atoms with Crippen molar-refractivity contribution in [2.45, 2.75) is 13.8 Å². The van der Waals surface area contributed by atoms with Gasteiger partial charge in [-0.3, -0.25) is 12.6 Å². The summed E-state index contributed by atoms with van der Waals surface area (Å²) in [6.07, 6.45) is 3.00. The summed E-state index contributed by atoms with van der Waals surface area (Å²) in [6, 6.07) is 0. The zero-order valence-electron chi connectivity index (χ0n) is 8.33. The zero-order chi connectivity index (χ0) is 5.41. The largest absolute Gasteiger partial charge is 0.870 e. The average Bonchev–Trinajstić information content (AvgIpc) is 1.39. The van der Waals surface area contributed by atoms with Gasteiger partial charge < -0.3 is 35.4 Å². The SMILES string of the molecule is C[C-]=O.C[C-]=O.O.[CH3-].[CH3-].[OH-].[W].[Y].[Y]. The molecular weight excluding hydrogens is 498 g/mol. The molecule has 0 aliphatic carbocycles. The molecule has 80 valence electrons. The van der Waals surface area contributed by atoms with E-state index in [0.717, 1.165) is 0 Å². The van der Waals surface area contributed by atoms with Crippen molar-refractivity contribution in [1.82, 2.24) is 0 Å². The first-order valence-electron chi connectivity index (χ1n) is 1.41. The molecule has 0 aliphatic rings. The van der Waals surface area contributed by atoms with Crippen molar-refractivity contribution in [2.75, 3.05) is 0 Å². The Balaban J connectivity index is -0.00000000229. The van der Waals surface area contributed by atoms with E-state index in [1.165, 1.54) is 26.4 Å². The molecule has 13 heavy (non-hydrogen) atoms. The molecule has 0 unspecified atom stereocenters. The maximum absolute atomic E-state index is 8.68. The van der Waals surface area contributed by atoms with E-state index < -0.39 is 0 Å². The molecule has 3 N–H and O–H groups in total. The molecule has 0 saturated heterocycles. The summed E-state index contributed by atoms with van der Waals surface area (Å²) in [6.45, 7) is 2.64. The van der Waals surface area contributed by atoms with E-state index in [1.54, 1.807) is 0 Å². The van der Waals surface area contributed by atoms with Gasteiger partial charge in [-0.15, -0.1) is 0 Å². The Labute approximate surface area is 146 Å². The summed E-state index contributed by atoms with van der Waals surface area (Å²) in [5, 5.41) is 0. The summed E-state index contributed by atoms with van der Waals surface area (Å²) in [4.78, 5) is 17.4. The number of rotatable bonds is 0. The molecule has 0 aromatic heterocycles. The number of hydrogen-bond acceptors (Lipinski definition) is 3. The first kappa shape index (κ1) is 80.1. The van der Waals surface area contributed by atoms with Crippen LogP contribution in [0.3, 0.4) is 0 Å². The van der Waals surface area contributed by atoms with Crippen LogP contribution in [-0.2, 0) is 96.1 Å². The Hall–Kier alpha value is 2.16. The van der Waals surface area contributed by atoms with E-state index in [1.807, 2.05) is 0 Å². The molecule has 0 aliphatic heterocycles. The van der Waals surface area contributed by atoms with E-state index in [4.69, 9.17) is 9.59 Å². The summed E-state index contributed by atoms with van der Waals surface area (Å²) >= 11 is 0. The van der Waals surface area contributed by atoms with Crippen molar-refractivity contribution in [3.05, 3.63) is 14.9 Å². The van der Waals surface area contributed by atoms with Gasteiger partial charge in [0, 0.05) is 86.5 Å². The molecular formula is C6H15O4WY2-5. The fourth-order valence-electron chi connectivity index (χ4n) is 0. The minimum atomic E-state index is 0. The van der Waals surface area contributed by atoms with Gasteiger partial charge in [0.2, 0.25) is 0 Å². The Morgan fingerprint density at radius 3 is 0.846 bits per heavy atom. The van der Waals surface area contributed by atoms with Gasteiger partial charge in [-0.1, -0.05) is 0 Å². The van der Waals surface area contributed by atoms with Gasteiger partial charge in [-0.2, -0.15) is 13.8 Å². The molecule has 2 radical (unpaired) electrons. The third-order valence-corrected chi connectivity index (χ3v) is 0. The molecule has 0 aromatic carbocycles. The normalized spacial score (nSPS) is 2.00. The molecule has 4 nitrogen and oxygen atoms in total. The van der Waals surface area contributed by atoms with Crippen LogP contribution in [0.1, 0.15) is 13.8 Å². The van der Waals surface area contributed by atoms with Crippen molar-refractivity contribution in [2.24, 2.45) is 0 Å². The van der Waals surface area contributed by atoms with Crippen molar-refractivity contribution in [1.29, 1.82) is 0 Å². The Morgan fingerprint density at radius 1 is 0.846 bits per heavy atom. The van der Waals surface area contributed by atoms with E-state index in [2.05, 4.69) is 0 Å². The molecule has 7 heteroatoms. The quantitative estimate of drug-likeness (QED) is 0.432. The van der Waals surface area contributed by atoms with Crippen LogP contribution in [-0.4, -0.2) is 23.5 Å². The maximum atomic E-state index is 8.68. The van der Waals surface area contributed by atoms with Gasteiger partial charge in [0.05, 0.1) is 0 Å². The third kappa shape index (κ3) is 450. The van der Waals surface area contributed by atoms with E-state index >= 15 is 0 Å². The fourth-order valence-corrected chi connectivity index (χ4v) is 0. The van der Waals surface area contributed by atoms with Gasteiger partial charge >= 0.3 is 0 Å². The predicted octanol–water partition coefficient (Wildman–Crippen LogP) is 0.124. The van der Waals surface area contributed by atoms with Crippen LogP contribution >= 0.6 is 0 Å². The van der Waals surface area contributed by atoms with Gasteiger partial charge in [-0.25, -0.2) is 0 Å². The molecule has 0 amide bonds. The van der Waals surface area contributed by atoms with Crippen LogP contribution in [0, 0.1) is 14.9 Å². The summed E-state index contributed by atoms with van der Waals surface area (Å²) < 4.78 is 0. The van der Waals surface area contributed by atoms with Crippen LogP contribution in [0.5, 0.6) is 0 Å². The van der Waals surface area contributed by atoms with Crippen molar-refractivity contribution in [3.8, 4) is 0 Å². The molecule has 0 aromatic rings. The molecule has 0 fully saturated rings. The monoisotopic (exact) mass is 513 g/mol. The minimum absolute atomic E-state index is 0. The third-order valence-electron chi connectivity index (χ3n) is 0. The van der Waals surface area contributed by atoms with E-state index in [-0.39, 0.29) is 112 Å². The molecule has 0 saturated carbocycles. The predicted molar refractivity (Wildman–Crippen MR) is 41.1 cm³/mol. The topological polar surface area (TPSA) is 95.6 Å². The molecule has 0 bridgehead atoms. The van der Waals surface area contributed by atoms with Crippen LogP contribution in [0.25, 0.3) is 0 Å². The average molecular weight is 513 g/mol. The first-order valence-corrected chi connectivity index (χ1v) is 1.41. The van der Waals surface area contributed by atoms with Gasteiger partial charge in [0.25, 0.3) is 0 Å². The number of carbonyl (C=O) groups excluding carboxylic acids is 2. The van der Waals surface area contributed by atoms with E-state index in [9.17, 15) is 0 Å². The molecule has 0 atom stereocenters.